The summed E-state index contributed by atoms with van der Waals surface area (Å²) < 4.78 is 37.2. The van der Waals surface area contributed by atoms with Crippen molar-refractivity contribution in [1.29, 1.82) is 0 Å². The predicted octanol–water partition coefficient (Wildman–Crippen LogP) is 1.69. The average Bonchev–Trinajstić information content (AvgIpc) is 2.14. The molecule has 8 heteroatoms. The number of aromatic carboxylic acids is 1. The van der Waals surface area contributed by atoms with Crippen molar-refractivity contribution in [3.8, 4) is 0 Å². The molecule has 2 N–H and O–H groups in total. The number of hydrogen-bond donors (Lipinski definition) is 2. The summed E-state index contributed by atoms with van der Waals surface area (Å²) in [7, 11) is 3.02. The van der Waals surface area contributed by atoms with Gasteiger partial charge in [-0.2, -0.15) is 13.2 Å². The van der Waals surface area contributed by atoms with Gasteiger partial charge in [-0.1, -0.05) is 0 Å². The maximum Gasteiger partial charge on any atom is 0.433 e. The molecule has 0 saturated carbocycles. The van der Waals surface area contributed by atoms with E-state index in [9.17, 15) is 18.0 Å². The molecule has 94 valence electrons. The Labute approximate surface area is 94.8 Å². The van der Waals surface area contributed by atoms with Crippen LogP contribution in [0.15, 0.2) is 12.1 Å². The van der Waals surface area contributed by atoms with Crippen molar-refractivity contribution in [2.24, 2.45) is 0 Å². The summed E-state index contributed by atoms with van der Waals surface area (Å²) in [6.07, 6.45) is -4.61. The van der Waals surface area contributed by atoms with E-state index >= 15 is 0 Å². The molecular formula is C9H10F3N3O2. The predicted molar refractivity (Wildman–Crippen MR) is 53.5 cm³/mol. The monoisotopic (exact) mass is 249 g/mol. The molecule has 0 aliphatic carbocycles. The summed E-state index contributed by atoms with van der Waals surface area (Å²) in [6.45, 7) is 0. The Morgan fingerprint density at radius 2 is 2.00 bits per heavy atom. The fraction of sp³-hybridized carbons (Fsp3) is 0.333. The highest BCUT2D eigenvalue weighted by Crippen LogP contribution is 2.29. The molecule has 0 aromatic carbocycles. The average molecular weight is 249 g/mol. The van der Waals surface area contributed by atoms with Crippen LogP contribution in [0.5, 0.6) is 0 Å². The number of hydrogen-bond acceptors (Lipinski definition) is 4. The van der Waals surface area contributed by atoms with Gasteiger partial charge in [0, 0.05) is 14.1 Å². The summed E-state index contributed by atoms with van der Waals surface area (Å²) in [4.78, 5) is 14.0. The van der Waals surface area contributed by atoms with Crippen LogP contribution >= 0.6 is 0 Å². The van der Waals surface area contributed by atoms with Crippen molar-refractivity contribution >= 4 is 11.8 Å². The SMILES string of the molecule is CN(C)Nc1nc(C(F)(F)F)ccc1C(=O)O. The minimum Gasteiger partial charge on any atom is -0.478 e. The van der Waals surface area contributed by atoms with E-state index in [1.807, 2.05) is 0 Å². The molecule has 0 atom stereocenters. The molecule has 1 heterocycles. The Hall–Kier alpha value is -1.83. The number of anilines is 1. The highest BCUT2D eigenvalue weighted by molar-refractivity contribution is 5.93. The van der Waals surface area contributed by atoms with Gasteiger partial charge in [-0.25, -0.2) is 14.8 Å². The van der Waals surface area contributed by atoms with Crippen LogP contribution in [-0.4, -0.2) is 35.2 Å². The highest BCUT2D eigenvalue weighted by atomic mass is 19.4. The van der Waals surface area contributed by atoms with Crippen LogP contribution in [0.25, 0.3) is 0 Å². The second-order valence-corrected chi connectivity index (χ2v) is 3.40. The van der Waals surface area contributed by atoms with Crippen LogP contribution in [0.3, 0.4) is 0 Å². The van der Waals surface area contributed by atoms with Gasteiger partial charge in [-0.05, 0) is 12.1 Å². The van der Waals surface area contributed by atoms with Gasteiger partial charge in [0.15, 0.2) is 5.82 Å². The first kappa shape index (κ1) is 13.2. The van der Waals surface area contributed by atoms with Crippen molar-refractivity contribution in [1.82, 2.24) is 9.99 Å². The Morgan fingerprint density at radius 3 is 2.41 bits per heavy atom. The first-order valence-electron chi connectivity index (χ1n) is 4.47. The molecule has 0 fully saturated rings. The Bertz CT molecular complexity index is 432. The molecule has 0 saturated heterocycles. The largest absolute Gasteiger partial charge is 0.478 e. The molecule has 17 heavy (non-hydrogen) atoms. The number of pyridine rings is 1. The molecule has 0 aliphatic rings. The van der Waals surface area contributed by atoms with E-state index in [-0.39, 0.29) is 11.4 Å². The lowest BCUT2D eigenvalue weighted by Crippen LogP contribution is -2.23. The first-order valence-corrected chi connectivity index (χ1v) is 4.47. The summed E-state index contributed by atoms with van der Waals surface area (Å²) in [5.74, 6) is -1.70. The summed E-state index contributed by atoms with van der Waals surface area (Å²) >= 11 is 0. The van der Waals surface area contributed by atoms with E-state index in [0.29, 0.717) is 6.07 Å². The Balaban J connectivity index is 3.24. The molecule has 1 aromatic rings. The van der Waals surface area contributed by atoms with Crippen LogP contribution in [0, 0.1) is 0 Å². The molecule has 1 rings (SSSR count). The molecule has 1 aromatic heterocycles. The second kappa shape index (κ2) is 4.58. The summed E-state index contributed by atoms with van der Waals surface area (Å²) in [5, 5.41) is 10.1. The Kier molecular flexibility index (Phi) is 3.56. The molecule has 0 radical (unpaired) electrons. The van der Waals surface area contributed by atoms with E-state index in [2.05, 4.69) is 10.4 Å². The van der Waals surface area contributed by atoms with Gasteiger partial charge < -0.3 is 10.5 Å². The number of hydrazine groups is 1. The Morgan fingerprint density at radius 1 is 1.41 bits per heavy atom. The van der Waals surface area contributed by atoms with Gasteiger partial charge in [0.05, 0.1) is 0 Å². The zero-order valence-corrected chi connectivity index (χ0v) is 9.04. The third-order valence-electron chi connectivity index (χ3n) is 1.75. The summed E-state index contributed by atoms with van der Waals surface area (Å²) in [6, 6.07) is 1.49. The van der Waals surface area contributed by atoms with Gasteiger partial charge in [-0.15, -0.1) is 0 Å². The lowest BCUT2D eigenvalue weighted by molar-refractivity contribution is -0.141. The summed E-state index contributed by atoms with van der Waals surface area (Å²) in [5.41, 5.74) is 0.935. The first-order chi connectivity index (χ1) is 7.71. The number of nitrogens with zero attached hydrogens (tertiary/aromatic N) is 2. The van der Waals surface area contributed by atoms with Gasteiger partial charge in [0.25, 0.3) is 0 Å². The van der Waals surface area contributed by atoms with E-state index in [0.717, 1.165) is 6.07 Å². The minimum absolute atomic E-state index is 0.327. The van der Waals surface area contributed by atoms with E-state index in [1.54, 1.807) is 0 Å². The highest BCUT2D eigenvalue weighted by Gasteiger charge is 2.33. The number of rotatable bonds is 3. The molecule has 0 spiro atoms. The van der Waals surface area contributed by atoms with Crippen molar-refractivity contribution in [3.63, 3.8) is 0 Å². The maximum atomic E-state index is 12.4. The number of carboxylic acid groups (broad SMARTS) is 1. The number of carbonyl (C=O) groups is 1. The number of halogens is 3. The van der Waals surface area contributed by atoms with Crippen LogP contribution in [0.1, 0.15) is 16.1 Å². The molecule has 0 aliphatic heterocycles. The normalized spacial score (nSPS) is 11.6. The van der Waals surface area contributed by atoms with Crippen LogP contribution in [0.4, 0.5) is 19.0 Å². The fourth-order valence-corrected chi connectivity index (χ4v) is 1.09. The quantitative estimate of drug-likeness (QED) is 0.798. The zero-order chi connectivity index (χ0) is 13.2. The molecule has 5 nitrogen and oxygen atoms in total. The number of nitrogens with one attached hydrogen (secondary N) is 1. The zero-order valence-electron chi connectivity index (χ0n) is 9.04. The van der Waals surface area contributed by atoms with Crippen LogP contribution < -0.4 is 5.43 Å². The van der Waals surface area contributed by atoms with Gasteiger partial charge in [-0.3, -0.25) is 0 Å². The van der Waals surface area contributed by atoms with E-state index < -0.39 is 17.8 Å². The molecule has 0 unspecified atom stereocenters. The smallest absolute Gasteiger partial charge is 0.433 e. The van der Waals surface area contributed by atoms with Crippen LogP contribution in [0.2, 0.25) is 0 Å². The molecule has 0 bridgehead atoms. The number of carboxylic acids is 1. The van der Waals surface area contributed by atoms with E-state index in [1.165, 1.54) is 19.1 Å². The van der Waals surface area contributed by atoms with Crippen LogP contribution in [-0.2, 0) is 6.18 Å². The maximum absolute atomic E-state index is 12.4. The fourth-order valence-electron chi connectivity index (χ4n) is 1.09. The minimum atomic E-state index is -4.61. The second-order valence-electron chi connectivity index (χ2n) is 3.40. The third kappa shape index (κ3) is 3.31. The standard InChI is InChI=1S/C9H10F3N3O2/c1-15(2)14-7-5(8(16)17)3-4-6(13-7)9(10,11)12/h3-4H,1-2H3,(H,13,14)(H,16,17). The van der Waals surface area contributed by atoms with Crippen molar-refractivity contribution < 1.29 is 23.1 Å². The van der Waals surface area contributed by atoms with E-state index in [4.69, 9.17) is 5.11 Å². The van der Waals surface area contributed by atoms with Gasteiger partial charge >= 0.3 is 12.1 Å². The van der Waals surface area contributed by atoms with Gasteiger partial charge in [0.2, 0.25) is 0 Å². The molecule has 0 amide bonds. The number of alkyl halides is 3. The molecular weight excluding hydrogens is 239 g/mol. The van der Waals surface area contributed by atoms with Crippen molar-refractivity contribution in [2.45, 2.75) is 6.18 Å². The van der Waals surface area contributed by atoms with Gasteiger partial charge in [0.1, 0.15) is 11.3 Å². The third-order valence-corrected chi connectivity index (χ3v) is 1.75. The number of aromatic nitrogens is 1. The topological polar surface area (TPSA) is 65.5 Å². The van der Waals surface area contributed by atoms with Crippen molar-refractivity contribution in [3.05, 3.63) is 23.4 Å². The lowest BCUT2D eigenvalue weighted by Gasteiger charge is -2.16. The lowest BCUT2D eigenvalue weighted by atomic mass is 10.2. The van der Waals surface area contributed by atoms with Crippen molar-refractivity contribution in [2.75, 3.05) is 19.5 Å².